The first-order valence-corrected chi connectivity index (χ1v) is 5.39. The van der Waals surface area contributed by atoms with Crippen molar-refractivity contribution in [2.24, 2.45) is 0 Å². The molecule has 0 saturated carbocycles. The van der Waals surface area contributed by atoms with Crippen molar-refractivity contribution in [2.45, 2.75) is 6.92 Å². The Hall–Kier alpha value is -2.50. The molecule has 0 aliphatic heterocycles. The third-order valence-corrected chi connectivity index (χ3v) is 2.85. The van der Waals surface area contributed by atoms with E-state index >= 15 is 0 Å². The predicted octanol–water partition coefficient (Wildman–Crippen LogP) is 2.05. The summed E-state index contributed by atoms with van der Waals surface area (Å²) in [4.78, 5) is 7.20. The molecule has 3 N–H and O–H groups in total. The minimum absolute atomic E-state index is 0.0889. The molecule has 1 aromatic carbocycles. The molecule has 0 spiro atoms. The van der Waals surface area contributed by atoms with Crippen molar-refractivity contribution in [3.05, 3.63) is 35.8 Å². The Morgan fingerprint density at radius 2 is 2.17 bits per heavy atom. The van der Waals surface area contributed by atoms with Gasteiger partial charge in [0.1, 0.15) is 11.5 Å². The molecule has 5 nitrogen and oxygen atoms in total. The van der Waals surface area contributed by atoms with Crippen LogP contribution in [-0.4, -0.2) is 20.2 Å². The first-order chi connectivity index (χ1) is 8.66. The highest BCUT2D eigenvalue weighted by Crippen LogP contribution is 2.29. The lowest BCUT2D eigenvalue weighted by atomic mass is 10.1. The number of halogens is 1. The van der Waals surface area contributed by atoms with E-state index in [2.05, 4.69) is 20.2 Å². The van der Waals surface area contributed by atoms with Crippen LogP contribution in [0.15, 0.2) is 24.4 Å². The molecule has 0 fully saturated rings. The molecule has 0 saturated heterocycles. The summed E-state index contributed by atoms with van der Waals surface area (Å²) in [5.74, 6) is -0.173. The molecule has 0 radical (unpaired) electrons. The van der Waals surface area contributed by atoms with E-state index < -0.39 is 0 Å². The van der Waals surface area contributed by atoms with Crippen molar-refractivity contribution in [3.63, 3.8) is 0 Å². The van der Waals surface area contributed by atoms with E-state index in [0.29, 0.717) is 16.8 Å². The molecular weight excluding hydrogens is 233 g/mol. The molecule has 0 amide bonds. The lowest BCUT2D eigenvalue weighted by Gasteiger charge is -1.99. The number of benzene rings is 1. The number of nitrogens with two attached hydrogens (primary N) is 1. The van der Waals surface area contributed by atoms with Crippen LogP contribution in [0, 0.1) is 12.7 Å². The molecule has 18 heavy (non-hydrogen) atoms. The fourth-order valence-corrected chi connectivity index (χ4v) is 2.06. The largest absolute Gasteiger partial charge is 0.366 e. The number of aryl methyl sites for hydroxylation is 1. The molecule has 6 heteroatoms. The number of anilines is 1. The third kappa shape index (κ3) is 1.50. The van der Waals surface area contributed by atoms with E-state index in [9.17, 15) is 4.39 Å². The third-order valence-electron chi connectivity index (χ3n) is 2.85. The van der Waals surface area contributed by atoms with Crippen LogP contribution in [0.1, 0.15) is 5.56 Å². The quantitative estimate of drug-likeness (QED) is 0.685. The monoisotopic (exact) mass is 243 g/mol. The molecule has 3 aromatic rings. The normalized spacial score (nSPS) is 11.0. The molecule has 0 aliphatic carbocycles. The van der Waals surface area contributed by atoms with E-state index in [1.54, 1.807) is 6.07 Å². The fourth-order valence-electron chi connectivity index (χ4n) is 2.06. The Labute approximate surface area is 102 Å². The zero-order valence-corrected chi connectivity index (χ0v) is 9.61. The standard InChI is InChI=1S/C12H10FN5/c1-6-10-7(13)3-2-4-8(10)16-11(6)9-5-15-18-12(14)17-9/h2-5,16H,1H3,(H2,14,17,18). The van der Waals surface area contributed by atoms with Crippen molar-refractivity contribution < 1.29 is 4.39 Å². The number of nitrogens with one attached hydrogen (secondary N) is 1. The van der Waals surface area contributed by atoms with E-state index in [1.165, 1.54) is 12.3 Å². The van der Waals surface area contributed by atoms with Gasteiger partial charge in [-0.2, -0.15) is 5.10 Å². The highest BCUT2D eigenvalue weighted by atomic mass is 19.1. The Kier molecular flexibility index (Phi) is 2.22. The average molecular weight is 243 g/mol. The zero-order valence-electron chi connectivity index (χ0n) is 9.61. The van der Waals surface area contributed by atoms with Gasteiger partial charge in [-0.25, -0.2) is 9.37 Å². The summed E-state index contributed by atoms with van der Waals surface area (Å²) in [7, 11) is 0. The van der Waals surface area contributed by atoms with E-state index in [-0.39, 0.29) is 11.8 Å². The zero-order chi connectivity index (χ0) is 12.7. The molecule has 2 heterocycles. The van der Waals surface area contributed by atoms with Gasteiger partial charge in [-0.05, 0) is 24.6 Å². The highest BCUT2D eigenvalue weighted by molar-refractivity contribution is 5.90. The van der Waals surface area contributed by atoms with Crippen molar-refractivity contribution >= 4 is 16.9 Å². The molecule has 0 atom stereocenters. The van der Waals surface area contributed by atoms with Crippen LogP contribution in [0.4, 0.5) is 10.3 Å². The Morgan fingerprint density at radius 3 is 2.89 bits per heavy atom. The summed E-state index contributed by atoms with van der Waals surface area (Å²) in [6.07, 6.45) is 1.49. The number of hydrogen-bond donors (Lipinski definition) is 2. The molecule has 0 bridgehead atoms. The maximum atomic E-state index is 13.8. The lowest BCUT2D eigenvalue weighted by molar-refractivity contribution is 0.639. The first-order valence-electron chi connectivity index (χ1n) is 5.39. The summed E-state index contributed by atoms with van der Waals surface area (Å²) in [5, 5.41) is 7.90. The smallest absolute Gasteiger partial charge is 0.240 e. The van der Waals surface area contributed by atoms with Crippen LogP contribution < -0.4 is 5.73 Å². The van der Waals surface area contributed by atoms with E-state index in [1.807, 2.05) is 13.0 Å². The topological polar surface area (TPSA) is 80.5 Å². The van der Waals surface area contributed by atoms with Crippen LogP contribution in [0.25, 0.3) is 22.3 Å². The van der Waals surface area contributed by atoms with Gasteiger partial charge >= 0.3 is 0 Å². The number of fused-ring (bicyclic) bond motifs is 1. The molecule has 90 valence electrons. The summed E-state index contributed by atoms with van der Waals surface area (Å²) < 4.78 is 13.8. The number of nitrogen functional groups attached to an aromatic ring is 1. The number of rotatable bonds is 1. The van der Waals surface area contributed by atoms with Crippen LogP contribution >= 0.6 is 0 Å². The Balaban J connectivity index is 2.31. The predicted molar refractivity (Wildman–Crippen MR) is 66.2 cm³/mol. The van der Waals surface area contributed by atoms with Crippen molar-refractivity contribution in [2.75, 3.05) is 5.73 Å². The maximum absolute atomic E-state index is 13.8. The second-order valence-corrected chi connectivity index (χ2v) is 3.99. The van der Waals surface area contributed by atoms with Crippen molar-refractivity contribution in [3.8, 4) is 11.4 Å². The lowest BCUT2D eigenvalue weighted by Crippen LogP contribution is -1.98. The molecule has 0 aliphatic rings. The maximum Gasteiger partial charge on any atom is 0.240 e. The van der Waals surface area contributed by atoms with Crippen LogP contribution in [0.2, 0.25) is 0 Å². The SMILES string of the molecule is Cc1c(-c2cnnc(N)n2)[nH]c2cccc(F)c12. The molecule has 0 unspecified atom stereocenters. The average Bonchev–Trinajstić information content (AvgIpc) is 2.68. The van der Waals surface area contributed by atoms with Gasteiger partial charge in [0.2, 0.25) is 5.95 Å². The minimum Gasteiger partial charge on any atom is -0.366 e. The highest BCUT2D eigenvalue weighted by Gasteiger charge is 2.14. The second kappa shape index (κ2) is 3.76. The van der Waals surface area contributed by atoms with Gasteiger partial charge in [0.25, 0.3) is 0 Å². The summed E-state index contributed by atoms with van der Waals surface area (Å²) >= 11 is 0. The summed E-state index contributed by atoms with van der Waals surface area (Å²) in [6, 6.07) is 4.90. The second-order valence-electron chi connectivity index (χ2n) is 3.99. The Morgan fingerprint density at radius 1 is 1.33 bits per heavy atom. The van der Waals surface area contributed by atoms with Gasteiger partial charge in [0.05, 0.1) is 11.9 Å². The van der Waals surface area contributed by atoms with Gasteiger partial charge in [-0.3, -0.25) is 0 Å². The Bertz CT molecular complexity index is 734. The summed E-state index contributed by atoms with van der Waals surface area (Å²) in [6.45, 7) is 1.83. The minimum atomic E-state index is -0.262. The van der Waals surface area contributed by atoms with Crippen LogP contribution in [-0.2, 0) is 0 Å². The van der Waals surface area contributed by atoms with Gasteiger partial charge < -0.3 is 10.7 Å². The molecule has 2 aromatic heterocycles. The van der Waals surface area contributed by atoms with Gasteiger partial charge in [0.15, 0.2) is 0 Å². The number of hydrogen-bond acceptors (Lipinski definition) is 4. The van der Waals surface area contributed by atoms with Crippen LogP contribution in [0.5, 0.6) is 0 Å². The molecule has 3 rings (SSSR count). The number of aromatic nitrogens is 4. The van der Waals surface area contributed by atoms with Gasteiger partial charge in [0, 0.05) is 10.9 Å². The van der Waals surface area contributed by atoms with E-state index in [0.717, 1.165) is 11.1 Å². The van der Waals surface area contributed by atoms with Crippen molar-refractivity contribution in [1.29, 1.82) is 0 Å². The molecular formula is C12H10FN5. The van der Waals surface area contributed by atoms with Gasteiger partial charge in [-0.1, -0.05) is 6.07 Å². The number of nitrogens with zero attached hydrogens (tertiary/aromatic N) is 3. The van der Waals surface area contributed by atoms with E-state index in [4.69, 9.17) is 5.73 Å². The number of aromatic amines is 1. The number of H-pyrrole nitrogens is 1. The fraction of sp³-hybridized carbons (Fsp3) is 0.0833. The first kappa shape index (κ1) is 10.6. The van der Waals surface area contributed by atoms with Crippen molar-refractivity contribution in [1.82, 2.24) is 20.2 Å². The summed E-state index contributed by atoms with van der Waals surface area (Å²) in [5.41, 5.74) is 8.26. The van der Waals surface area contributed by atoms with Gasteiger partial charge in [-0.15, -0.1) is 5.10 Å². The van der Waals surface area contributed by atoms with Crippen LogP contribution in [0.3, 0.4) is 0 Å².